The van der Waals surface area contributed by atoms with Crippen LogP contribution < -0.4 is 10.6 Å². The fourth-order valence-electron chi connectivity index (χ4n) is 3.03. The molecule has 0 aliphatic carbocycles. The number of hydrogen-bond donors (Lipinski definition) is 3. The third-order valence-electron chi connectivity index (χ3n) is 4.51. The summed E-state index contributed by atoms with van der Waals surface area (Å²) < 4.78 is 5.54. The van der Waals surface area contributed by atoms with Crippen LogP contribution in [0.5, 0.6) is 5.75 Å². The summed E-state index contributed by atoms with van der Waals surface area (Å²) in [5, 5.41) is 17.1. The Hall–Kier alpha value is -1.89. The number of aromatic nitrogens is 1. The molecule has 1 aromatic heterocycles. The van der Waals surface area contributed by atoms with Gasteiger partial charge in [-0.1, -0.05) is 23.7 Å². The van der Waals surface area contributed by atoms with Crippen LogP contribution in [-0.4, -0.2) is 35.0 Å². The maximum Gasteiger partial charge on any atom is 0.174 e. The molecule has 25 heavy (non-hydrogen) atoms. The summed E-state index contributed by atoms with van der Waals surface area (Å²) in [5.41, 5.74) is 1.15. The summed E-state index contributed by atoms with van der Waals surface area (Å²) in [7, 11) is 0. The number of thiocarbonyl (C=S) groups is 1. The van der Waals surface area contributed by atoms with Gasteiger partial charge in [-0.15, -0.1) is 0 Å². The molecular formula is C18H20ClN3O2S. The molecular weight excluding hydrogens is 358 g/mol. The molecule has 2 aromatic rings. The third-order valence-corrected chi connectivity index (χ3v) is 5.01. The lowest BCUT2D eigenvalue weighted by Crippen LogP contribution is -2.45. The van der Waals surface area contributed by atoms with Crippen LogP contribution in [0.1, 0.15) is 18.4 Å². The Morgan fingerprint density at radius 1 is 1.24 bits per heavy atom. The smallest absolute Gasteiger partial charge is 0.174 e. The molecule has 1 aliphatic rings. The van der Waals surface area contributed by atoms with E-state index in [-0.39, 0.29) is 11.2 Å². The van der Waals surface area contributed by atoms with Gasteiger partial charge in [0.2, 0.25) is 0 Å². The summed E-state index contributed by atoms with van der Waals surface area (Å²) in [6, 6.07) is 11.2. The Bertz CT molecular complexity index is 733. The first-order valence-electron chi connectivity index (χ1n) is 8.12. The van der Waals surface area contributed by atoms with Gasteiger partial charge in [-0.25, -0.2) is 4.98 Å². The second-order valence-electron chi connectivity index (χ2n) is 6.08. The lowest BCUT2D eigenvalue weighted by atomic mass is 9.74. The van der Waals surface area contributed by atoms with Crippen molar-refractivity contribution < 1.29 is 9.84 Å². The first-order valence-corrected chi connectivity index (χ1v) is 8.90. The van der Waals surface area contributed by atoms with Crippen LogP contribution >= 0.6 is 23.8 Å². The van der Waals surface area contributed by atoms with Crippen molar-refractivity contribution in [2.24, 2.45) is 0 Å². The number of ether oxygens (including phenoxy) is 1. The number of nitrogens with zero attached hydrogens (tertiary/aromatic N) is 1. The minimum Gasteiger partial charge on any atom is -0.504 e. The summed E-state index contributed by atoms with van der Waals surface area (Å²) in [6.45, 7) is 2.09. The van der Waals surface area contributed by atoms with Crippen LogP contribution in [0, 0.1) is 0 Å². The van der Waals surface area contributed by atoms with Gasteiger partial charge in [-0.3, -0.25) is 0 Å². The molecule has 1 aliphatic heterocycles. The number of aromatic hydroxyl groups is 1. The minimum absolute atomic E-state index is 0.0603. The molecule has 132 valence electrons. The SMILES string of the molecule is Oc1cccnc1NC(=S)NCC1(c2ccc(Cl)cc2)CCOCC1. The topological polar surface area (TPSA) is 66.4 Å². The molecule has 1 saturated heterocycles. The van der Waals surface area contributed by atoms with Crippen molar-refractivity contribution in [1.82, 2.24) is 10.3 Å². The van der Waals surface area contributed by atoms with Crippen LogP contribution in [0.3, 0.4) is 0 Å². The predicted molar refractivity (Wildman–Crippen MR) is 103 cm³/mol. The predicted octanol–water partition coefficient (Wildman–Crippen LogP) is 3.48. The Morgan fingerprint density at radius 2 is 1.96 bits per heavy atom. The van der Waals surface area contributed by atoms with Crippen molar-refractivity contribution in [3.05, 3.63) is 53.2 Å². The van der Waals surface area contributed by atoms with Gasteiger partial charge in [0.05, 0.1) is 0 Å². The van der Waals surface area contributed by atoms with Crippen LogP contribution in [-0.2, 0) is 10.2 Å². The maximum absolute atomic E-state index is 9.79. The van der Waals surface area contributed by atoms with Crippen molar-refractivity contribution in [1.29, 1.82) is 0 Å². The van der Waals surface area contributed by atoms with Gasteiger partial charge in [-0.2, -0.15) is 0 Å². The average molecular weight is 378 g/mol. The minimum atomic E-state index is -0.0687. The summed E-state index contributed by atoms with van der Waals surface area (Å²) in [4.78, 5) is 4.07. The van der Waals surface area contributed by atoms with E-state index >= 15 is 0 Å². The zero-order valence-corrected chi connectivity index (χ0v) is 15.2. The van der Waals surface area contributed by atoms with Gasteiger partial charge in [-0.05, 0) is 54.9 Å². The monoisotopic (exact) mass is 377 g/mol. The molecule has 0 unspecified atom stereocenters. The first-order chi connectivity index (χ1) is 12.1. The molecule has 3 rings (SSSR count). The number of halogens is 1. The molecule has 0 radical (unpaired) electrons. The molecule has 0 amide bonds. The molecule has 0 spiro atoms. The van der Waals surface area contributed by atoms with E-state index in [1.54, 1.807) is 18.3 Å². The van der Waals surface area contributed by atoms with Crippen molar-refractivity contribution >= 4 is 34.7 Å². The molecule has 0 atom stereocenters. The zero-order chi connectivity index (χ0) is 17.7. The Labute approximate surface area is 157 Å². The summed E-state index contributed by atoms with van der Waals surface area (Å²) in [6.07, 6.45) is 3.40. The number of rotatable bonds is 4. The Balaban J connectivity index is 1.70. The Morgan fingerprint density at radius 3 is 2.64 bits per heavy atom. The fraction of sp³-hybridized carbons (Fsp3) is 0.333. The number of anilines is 1. The van der Waals surface area contributed by atoms with E-state index in [0.717, 1.165) is 17.9 Å². The lowest BCUT2D eigenvalue weighted by molar-refractivity contribution is 0.0515. The van der Waals surface area contributed by atoms with E-state index < -0.39 is 0 Å². The zero-order valence-electron chi connectivity index (χ0n) is 13.7. The van der Waals surface area contributed by atoms with E-state index in [0.29, 0.717) is 30.7 Å². The van der Waals surface area contributed by atoms with Crippen LogP contribution in [0.4, 0.5) is 5.82 Å². The molecule has 2 heterocycles. The van der Waals surface area contributed by atoms with Gasteiger partial charge in [0.1, 0.15) is 0 Å². The maximum atomic E-state index is 9.79. The number of hydrogen-bond acceptors (Lipinski definition) is 4. The molecule has 0 saturated carbocycles. The molecule has 1 aromatic carbocycles. The highest BCUT2D eigenvalue weighted by Gasteiger charge is 2.34. The van der Waals surface area contributed by atoms with Gasteiger partial charge in [0, 0.05) is 36.4 Å². The third kappa shape index (κ3) is 4.39. The van der Waals surface area contributed by atoms with Gasteiger partial charge >= 0.3 is 0 Å². The van der Waals surface area contributed by atoms with E-state index in [1.807, 2.05) is 12.1 Å². The quantitative estimate of drug-likeness (QED) is 0.709. The van der Waals surface area contributed by atoms with Crippen LogP contribution in [0.2, 0.25) is 5.02 Å². The largest absolute Gasteiger partial charge is 0.504 e. The van der Waals surface area contributed by atoms with Crippen molar-refractivity contribution in [2.75, 3.05) is 25.1 Å². The molecule has 3 N–H and O–H groups in total. The first kappa shape index (κ1) is 17.9. The van der Waals surface area contributed by atoms with Crippen molar-refractivity contribution in [3.63, 3.8) is 0 Å². The molecule has 0 bridgehead atoms. The highest BCUT2D eigenvalue weighted by molar-refractivity contribution is 7.80. The summed E-state index contributed by atoms with van der Waals surface area (Å²) in [5.74, 6) is 0.401. The second-order valence-corrected chi connectivity index (χ2v) is 6.92. The van der Waals surface area contributed by atoms with E-state index in [2.05, 4.69) is 27.8 Å². The molecule has 1 fully saturated rings. The van der Waals surface area contributed by atoms with Crippen molar-refractivity contribution in [2.45, 2.75) is 18.3 Å². The van der Waals surface area contributed by atoms with Crippen LogP contribution in [0.15, 0.2) is 42.6 Å². The molecule has 5 nitrogen and oxygen atoms in total. The average Bonchev–Trinajstić information content (AvgIpc) is 2.63. The normalized spacial score (nSPS) is 16.2. The number of nitrogens with one attached hydrogen (secondary N) is 2. The van der Waals surface area contributed by atoms with E-state index in [1.165, 1.54) is 5.56 Å². The standard InChI is InChI=1S/C18H20ClN3O2S/c19-14-5-3-13(4-6-14)18(7-10-24-11-8-18)12-21-17(25)22-16-15(23)2-1-9-20-16/h1-6,9,23H,7-8,10-12H2,(H2,20,21,22,25). The fourth-order valence-corrected chi connectivity index (χ4v) is 3.32. The van der Waals surface area contributed by atoms with E-state index in [9.17, 15) is 5.11 Å². The number of benzene rings is 1. The van der Waals surface area contributed by atoms with Gasteiger partial charge < -0.3 is 20.5 Å². The number of pyridine rings is 1. The summed E-state index contributed by atoms with van der Waals surface area (Å²) >= 11 is 11.4. The highest BCUT2D eigenvalue weighted by atomic mass is 35.5. The Kier molecular flexibility index (Phi) is 5.73. The van der Waals surface area contributed by atoms with Gasteiger partial charge in [0.25, 0.3) is 0 Å². The lowest BCUT2D eigenvalue weighted by Gasteiger charge is -2.38. The van der Waals surface area contributed by atoms with E-state index in [4.69, 9.17) is 28.6 Å². The molecule has 7 heteroatoms. The second kappa shape index (κ2) is 7.99. The van der Waals surface area contributed by atoms with Gasteiger partial charge in [0.15, 0.2) is 16.7 Å². The van der Waals surface area contributed by atoms with Crippen LogP contribution in [0.25, 0.3) is 0 Å². The van der Waals surface area contributed by atoms with Crippen molar-refractivity contribution in [3.8, 4) is 5.75 Å². The highest BCUT2D eigenvalue weighted by Crippen LogP contribution is 2.35.